The van der Waals surface area contributed by atoms with Gasteiger partial charge in [-0.15, -0.1) is 0 Å². The first-order valence-corrected chi connectivity index (χ1v) is 11.8. The van der Waals surface area contributed by atoms with Crippen molar-refractivity contribution in [1.29, 1.82) is 0 Å². The minimum absolute atomic E-state index is 0.0457. The number of piperidine rings is 1. The van der Waals surface area contributed by atoms with Gasteiger partial charge in [0.25, 0.3) is 11.8 Å². The van der Waals surface area contributed by atoms with Gasteiger partial charge < -0.3 is 24.2 Å². The van der Waals surface area contributed by atoms with Crippen molar-refractivity contribution in [3.8, 4) is 5.75 Å². The molecule has 0 radical (unpaired) electrons. The summed E-state index contributed by atoms with van der Waals surface area (Å²) >= 11 is 0. The van der Waals surface area contributed by atoms with Crippen LogP contribution in [0.2, 0.25) is 0 Å². The second-order valence-electron chi connectivity index (χ2n) is 9.24. The summed E-state index contributed by atoms with van der Waals surface area (Å²) in [5, 5.41) is 14.1. The van der Waals surface area contributed by atoms with Crippen LogP contribution in [0, 0.1) is 19.3 Å². The zero-order valence-corrected chi connectivity index (χ0v) is 19.5. The molecule has 1 aromatic carbocycles. The fourth-order valence-electron chi connectivity index (χ4n) is 4.94. The van der Waals surface area contributed by atoms with Gasteiger partial charge in [-0.2, -0.15) is 0 Å². The Morgan fingerprint density at radius 3 is 2.55 bits per heavy atom. The maximum absolute atomic E-state index is 13.3. The van der Waals surface area contributed by atoms with Gasteiger partial charge in [-0.05, 0) is 57.1 Å². The number of fused-ring (bicyclic) bond motifs is 9. The molecule has 8 nitrogen and oxygen atoms in total. The van der Waals surface area contributed by atoms with Crippen molar-refractivity contribution in [3.05, 3.63) is 46.8 Å². The van der Waals surface area contributed by atoms with E-state index in [1.807, 2.05) is 17.0 Å². The topological polar surface area (TPSA) is 96.1 Å². The number of rotatable bonds is 2. The summed E-state index contributed by atoms with van der Waals surface area (Å²) in [5.41, 5.74) is 1.45. The van der Waals surface area contributed by atoms with E-state index in [-0.39, 0.29) is 30.4 Å². The largest absolute Gasteiger partial charge is 0.491 e. The summed E-state index contributed by atoms with van der Waals surface area (Å²) in [6, 6.07) is 7.27. The van der Waals surface area contributed by atoms with Gasteiger partial charge in [0.1, 0.15) is 23.7 Å². The van der Waals surface area contributed by atoms with E-state index in [1.54, 1.807) is 30.9 Å². The molecule has 3 aliphatic rings. The highest BCUT2D eigenvalue weighted by Crippen LogP contribution is 2.37. The summed E-state index contributed by atoms with van der Waals surface area (Å²) < 4.78 is 11.2. The predicted molar refractivity (Wildman–Crippen MR) is 122 cm³/mol. The Hall–Kier alpha value is -2.87. The highest BCUT2D eigenvalue weighted by atomic mass is 16.5. The van der Waals surface area contributed by atoms with Crippen LogP contribution in [0.15, 0.2) is 28.8 Å². The van der Waals surface area contributed by atoms with E-state index in [2.05, 4.69) is 5.16 Å². The first-order valence-electron chi connectivity index (χ1n) is 11.8. The predicted octanol–water partition coefficient (Wildman–Crippen LogP) is 3.21. The number of carbonyl (C=O) groups excluding carboxylic acids is 2. The van der Waals surface area contributed by atoms with Crippen molar-refractivity contribution >= 4 is 11.8 Å². The molecule has 1 aromatic heterocycles. The van der Waals surface area contributed by atoms with Gasteiger partial charge in [-0.3, -0.25) is 9.59 Å². The van der Waals surface area contributed by atoms with Gasteiger partial charge in [-0.1, -0.05) is 23.7 Å². The Morgan fingerprint density at radius 1 is 1.09 bits per heavy atom. The molecule has 178 valence electrons. The van der Waals surface area contributed by atoms with Gasteiger partial charge in [0, 0.05) is 26.2 Å². The normalized spacial score (nSPS) is 19.4. The van der Waals surface area contributed by atoms with Crippen LogP contribution < -0.4 is 4.74 Å². The number of hydrogen-bond donors (Lipinski definition) is 1. The van der Waals surface area contributed by atoms with Crippen LogP contribution in [0.3, 0.4) is 0 Å². The Kier molecular flexibility index (Phi) is 7.02. The maximum Gasteiger partial charge on any atom is 0.259 e. The Morgan fingerprint density at radius 2 is 1.85 bits per heavy atom. The molecule has 0 atom stereocenters. The molecule has 33 heavy (non-hydrogen) atoms. The Balaban J connectivity index is 1.59. The Labute approximate surface area is 194 Å². The van der Waals surface area contributed by atoms with E-state index in [4.69, 9.17) is 9.26 Å². The van der Waals surface area contributed by atoms with Crippen LogP contribution in [-0.4, -0.2) is 71.3 Å². The van der Waals surface area contributed by atoms with E-state index in [1.165, 1.54) is 0 Å². The average Bonchev–Trinajstić information content (AvgIpc) is 3.17. The molecular formula is C25H33N3O5. The highest BCUT2D eigenvalue weighted by Gasteiger charge is 2.36. The van der Waals surface area contributed by atoms with Crippen LogP contribution in [0.4, 0.5) is 0 Å². The van der Waals surface area contributed by atoms with E-state index in [0.717, 1.165) is 32.1 Å². The third-order valence-corrected chi connectivity index (χ3v) is 7.10. The zero-order valence-electron chi connectivity index (χ0n) is 19.5. The molecular weight excluding hydrogens is 422 g/mol. The van der Waals surface area contributed by atoms with E-state index >= 15 is 0 Å². The third kappa shape index (κ3) is 4.90. The molecule has 0 aliphatic carbocycles. The van der Waals surface area contributed by atoms with Crippen molar-refractivity contribution in [2.24, 2.45) is 5.41 Å². The third-order valence-electron chi connectivity index (χ3n) is 7.10. The van der Waals surface area contributed by atoms with Crippen molar-refractivity contribution in [3.63, 3.8) is 0 Å². The van der Waals surface area contributed by atoms with Gasteiger partial charge in [0.2, 0.25) is 0 Å². The molecule has 1 N–H and O–H groups in total. The number of amides is 2. The molecule has 0 spiro atoms. The zero-order chi connectivity index (χ0) is 23.4. The minimum atomic E-state index is -0.163. The number of ether oxygens (including phenoxy) is 1. The number of aromatic nitrogens is 1. The van der Waals surface area contributed by atoms with Crippen LogP contribution in [0.5, 0.6) is 5.75 Å². The van der Waals surface area contributed by atoms with Crippen molar-refractivity contribution in [2.75, 3.05) is 39.4 Å². The van der Waals surface area contributed by atoms with Gasteiger partial charge >= 0.3 is 0 Å². The summed E-state index contributed by atoms with van der Waals surface area (Å²) in [6.07, 6.45) is 4.17. The lowest BCUT2D eigenvalue weighted by Crippen LogP contribution is -2.44. The lowest BCUT2D eigenvalue weighted by atomic mass is 9.75. The van der Waals surface area contributed by atoms with Gasteiger partial charge in [-0.25, -0.2) is 0 Å². The molecule has 1 fully saturated rings. The summed E-state index contributed by atoms with van der Waals surface area (Å²) in [7, 11) is 0. The molecule has 5 rings (SSSR count). The first kappa shape index (κ1) is 23.3. The second-order valence-corrected chi connectivity index (χ2v) is 9.24. The monoisotopic (exact) mass is 455 g/mol. The van der Waals surface area contributed by atoms with E-state index in [9.17, 15) is 14.7 Å². The average molecular weight is 456 g/mol. The van der Waals surface area contributed by atoms with Gasteiger partial charge in [0.15, 0.2) is 0 Å². The number of nitrogens with zero attached hydrogens (tertiary/aromatic N) is 3. The summed E-state index contributed by atoms with van der Waals surface area (Å²) in [5.74, 6) is 0.875. The number of carbonyl (C=O) groups is 2. The van der Waals surface area contributed by atoms with Crippen LogP contribution in [0.1, 0.15) is 64.3 Å². The van der Waals surface area contributed by atoms with Crippen molar-refractivity contribution in [2.45, 2.75) is 46.0 Å². The molecule has 2 aromatic rings. The number of benzene rings is 1. The molecule has 2 bridgehead atoms. The van der Waals surface area contributed by atoms with Crippen LogP contribution >= 0.6 is 0 Å². The van der Waals surface area contributed by atoms with E-state index < -0.39 is 0 Å². The molecule has 8 heteroatoms. The van der Waals surface area contributed by atoms with E-state index in [0.29, 0.717) is 54.5 Å². The fourth-order valence-corrected chi connectivity index (χ4v) is 4.94. The maximum atomic E-state index is 13.3. The quantitative estimate of drug-likeness (QED) is 0.747. The molecule has 0 unspecified atom stereocenters. The first-order chi connectivity index (χ1) is 15.9. The Bertz CT molecular complexity index is 974. The number of aliphatic hydroxyl groups excluding tert-OH is 1. The minimum Gasteiger partial charge on any atom is -0.491 e. The molecule has 0 saturated carbocycles. The second kappa shape index (κ2) is 9.95. The number of para-hydroxylation sites is 1. The summed E-state index contributed by atoms with van der Waals surface area (Å²) in [6.45, 7) is 6.15. The number of hydrogen-bond acceptors (Lipinski definition) is 6. The van der Waals surface area contributed by atoms with Crippen LogP contribution in [-0.2, 0) is 0 Å². The summed E-state index contributed by atoms with van der Waals surface area (Å²) in [4.78, 5) is 30.2. The van der Waals surface area contributed by atoms with Crippen LogP contribution in [0.25, 0.3) is 0 Å². The SMILES string of the molecule is Cc1noc(C)c1C(=O)N1CCCCC2(CO)CCN(CC2)C(=O)c2ccccc2OCC1. The molecule has 1 saturated heterocycles. The molecule has 2 amide bonds. The number of aryl methyl sites for hydroxylation is 2. The van der Waals surface area contributed by atoms with Gasteiger partial charge in [0.05, 0.1) is 17.8 Å². The smallest absolute Gasteiger partial charge is 0.259 e. The lowest BCUT2D eigenvalue weighted by molar-refractivity contribution is 0.0297. The standard InChI is InChI=1S/C25H33N3O5/c1-18-22(19(2)33-26-18)24(31)27-12-6-5-9-25(17-29)10-13-28(14-11-25)23(30)20-7-3-4-8-21(20)32-16-15-27/h3-4,7-8,29H,5-6,9-17H2,1-2H3. The fraction of sp³-hybridized carbons (Fsp3) is 0.560. The highest BCUT2D eigenvalue weighted by molar-refractivity contribution is 5.97. The molecule has 3 aliphatic heterocycles. The number of aliphatic hydroxyl groups is 1. The molecule has 4 heterocycles. The van der Waals surface area contributed by atoms with Crippen molar-refractivity contribution < 1.29 is 24.0 Å². The van der Waals surface area contributed by atoms with Crippen molar-refractivity contribution in [1.82, 2.24) is 15.0 Å². The lowest BCUT2D eigenvalue weighted by Gasteiger charge is -2.41.